The molecular weight excluding hydrogens is 262 g/mol. The van der Waals surface area contributed by atoms with Crippen molar-refractivity contribution in [3.05, 3.63) is 40.0 Å². The second-order valence-electron chi connectivity index (χ2n) is 4.63. The van der Waals surface area contributed by atoms with Gasteiger partial charge in [0.2, 0.25) is 0 Å². The average Bonchev–Trinajstić information content (AvgIpc) is 3.16. The van der Waals surface area contributed by atoms with E-state index in [4.69, 9.17) is 9.47 Å². The third kappa shape index (κ3) is 3.03. The molecule has 1 fully saturated rings. The molecule has 2 rings (SSSR count). The standard InChI is InChI=1S/C14H15NO5/c1-3-19-12-6-5-11(15(17)18)8-10(12)4-7-13(16)14(2)9-20-14/h4-8H,3,9H2,1-2H3/b7-4+/t14-/m1/s1. The third-order valence-electron chi connectivity index (χ3n) is 3.02. The summed E-state index contributed by atoms with van der Waals surface area (Å²) in [4.78, 5) is 22.1. The first-order chi connectivity index (χ1) is 9.46. The van der Waals surface area contributed by atoms with E-state index >= 15 is 0 Å². The molecule has 1 saturated heterocycles. The molecule has 1 heterocycles. The number of hydrogen-bond donors (Lipinski definition) is 0. The van der Waals surface area contributed by atoms with Gasteiger partial charge < -0.3 is 9.47 Å². The third-order valence-corrected chi connectivity index (χ3v) is 3.02. The Morgan fingerprint density at radius 1 is 1.60 bits per heavy atom. The smallest absolute Gasteiger partial charge is 0.270 e. The van der Waals surface area contributed by atoms with Gasteiger partial charge in [-0.1, -0.05) is 0 Å². The topological polar surface area (TPSA) is 82.0 Å². The monoisotopic (exact) mass is 277 g/mol. The van der Waals surface area contributed by atoms with Gasteiger partial charge in [0.1, 0.15) is 5.75 Å². The average molecular weight is 277 g/mol. The normalized spacial score (nSPS) is 20.9. The lowest BCUT2D eigenvalue weighted by molar-refractivity contribution is -0.384. The molecule has 0 radical (unpaired) electrons. The van der Waals surface area contributed by atoms with Gasteiger partial charge in [-0.25, -0.2) is 0 Å². The van der Waals surface area contributed by atoms with Crippen LogP contribution in [0.25, 0.3) is 6.08 Å². The number of ketones is 1. The van der Waals surface area contributed by atoms with Gasteiger partial charge in [-0.15, -0.1) is 0 Å². The van der Waals surface area contributed by atoms with Crippen molar-refractivity contribution in [2.24, 2.45) is 0 Å². The fraction of sp³-hybridized carbons (Fsp3) is 0.357. The zero-order valence-electron chi connectivity index (χ0n) is 11.3. The summed E-state index contributed by atoms with van der Waals surface area (Å²) in [5.74, 6) is 0.343. The highest BCUT2D eigenvalue weighted by Gasteiger charge is 2.45. The summed E-state index contributed by atoms with van der Waals surface area (Å²) in [6.45, 7) is 4.37. The van der Waals surface area contributed by atoms with Crippen molar-refractivity contribution in [3.8, 4) is 5.75 Å². The van der Waals surface area contributed by atoms with Crippen LogP contribution in [0.1, 0.15) is 19.4 Å². The molecule has 1 aliphatic rings. The van der Waals surface area contributed by atoms with Gasteiger partial charge in [-0.3, -0.25) is 14.9 Å². The SMILES string of the molecule is CCOc1ccc([N+](=O)[O-])cc1/C=C/C(=O)[C@@]1(C)CO1. The Kier molecular flexibility index (Phi) is 3.85. The van der Waals surface area contributed by atoms with Crippen LogP contribution < -0.4 is 4.74 Å². The van der Waals surface area contributed by atoms with Gasteiger partial charge in [-0.05, 0) is 32.1 Å². The van der Waals surface area contributed by atoms with Crippen molar-refractivity contribution in [1.82, 2.24) is 0 Å². The molecule has 0 unspecified atom stereocenters. The van der Waals surface area contributed by atoms with Crippen LogP contribution in [0, 0.1) is 10.1 Å². The minimum absolute atomic E-state index is 0.0468. The molecule has 1 aromatic carbocycles. The van der Waals surface area contributed by atoms with E-state index in [9.17, 15) is 14.9 Å². The number of non-ortho nitro benzene ring substituents is 1. The van der Waals surface area contributed by atoms with Crippen molar-refractivity contribution >= 4 is 17.5 Å². The highest BCUT2D eigenvalue weighted by Crippen LogP contribution is 2.29. The summed E-state index contributed by atoms with van der Waals surface area (Å²) in [6, 6.07) is 4.28. The quantitative estimate of drug-likeness (QED) is 0.345. The predicted octanol–water partition coefficient (Wildman–Crippen LogP) is 2.36. The highest BCUT2D eigenvalue weighted by molar-refractivity contribution is 6.01. The van der Waals surface area contributed by atoms with Crippen LogP contribution in [0.5, 0.6) is 5.75 Å². The van der Waals surface area contributed by atoms with Crippen molar-refractivity contribution in [1.29, 1.82) is 0 Å². The highest BCUT2D eigenvalue weighted by atomic mass is 16.6. The second-order valence-corrected chi connectivity index (χ2v) is 4.63. The van der Waals surface area contributed by atoms with E-state index in [1.165, 1.54) is 30.4 Å². The Labute approximate surface area is 116 Å². The summed E-state index contributed by atoms with van der Waals surface area (Å²) in [7, 11) is 0. The number of nitro benzene ring substituents is 1. The second kappa shape index (κ2) is 5.42. The van der Waals surface area contributed by atoms with Crippen molar-refractivity contribution in [2.75, 3.05) is 13.2 Å². The van der Waals surface area contributed by atoms with Crippen LogP contribution in [0.3, 0.4) is 0 Å². The van der Waals surface area contributed by atoms with E-state index in [0.29, 0.717) is 24.5 Å². The van der Waals surface area contributed by atoms with Crippen LogP contribution in [0.2, 0.25) is 0 Å². The molecule has 0 spiro atoms. The van der Waals surface area contributed by atoms with Gasteiger partial charge >= 0.3 is 0 Å². The van der Waals surface area contributed by atoms with Gasteiger partial charge in [0.15, 0.2) is 11.4 Å². The van der Waals surface area contributed by atoms with Crippen LogP contribution in [-0.4, -0.2) is 29.5 Å². The Morgan fingerprint density at radius 2 is 2.30 bits per heavy atom. The Balaban J connectivity index is 2.27. The molecule has 6 nitrogen and oxygen atoms in total. The summed E-state index contributed by atoms with van der Waals surface area (Å²) in [5, 5.41) is 10.8. The molecule has 6 heteroatoms. The molecule has 0 amide bonds. The number of epoxide rings is 1. The maximum Gasteiger partial charge on any atom is 0.270 e. The molecule has 1 atom stereocenters. The first kappa shape index (κ1) is 14.2. The first-order valence-electron chi connectivity index (χ1n) is 6.24. The molecule has 20 heavy (non-hydrogen) atoms. The summed E-state index contributed by atoms with van der Waals surface area (Å²) in [6.07, 6.45) is 2.89. The van der Waals surface area contributed by atoms with Gasteiger partial charge in [0.25, 0.3) is 5.69 Å². The van der Waals surface area contributed by atoms with E-state index in [1.807, 2.05) is 6.92 Å². The summed E-state index contributed by atoms with van der Waals surface area (Å²) in [5.41, 5.74) is -0.281. The number of nitro groups is 1. The number of benzene rings is 1. The molecule has 106 valence electrons. The zero-order valence-corrected chi connectivity index (χ0v) is 11.3. The van der Waals surface area contributed by atoms with Gasteiger partial charge in [-0.2, -0.15) is 0 Å². The van der Waals surface area contributed by atoms with Crippen LogP contribution >= 0.6 is 0 Å². The van der Waals surface area contributed by atoms with Crippen molar-refractivity contribution in [3.63, 3.8) is 0 Å². The summed E-state index contributed by atoms with van der Waals surface area (Å²) >= 11 is 0. The van der Waals surface area contributed by atoms with E-state index in [2.05, 4.69) is 0 Å². The van der Waals surface area contributed by atoms with E-state index in [1.54, 1.807) is 6.92 Å². The van der Waals surface area contributed by atoms with E-state index in [-0.39, 0.29) is 11.5 Å². The maximum absolute atomic E-state index is 11.8. The number of carbonyl (C=O) groups excluding carboxylic acids is 1. The molecule has 0 N–H and O–H groups in total. The number of hydrogen-bond acceptors (Lipinski definition) is 5. The van der Waals surface area contributed by atoms with Crippen LogP contribution in [0.15, 0.2) is 24.3 Å². The number of ether oxygens (including phenoxy) is 2. The van der Waals surface area contributed by atoms with Crippen LogP contribution in [0.4, 0.5) is 5.69 Å². The minimum atomic E-state index is -0.733. The number of nitrogens with zero attached hydrogens (tertiary/aromatic N) is 1. The first-order valence-corrected chi connectivity index (χ1v) is 6.24. The maximum atomic E-state index is 11.8. The van der Waals surface area contributed by atoms with Crippen molar-refractivity contribution in [2.45, 2.75) is 19.4 Å². The van der Waals surface area contributed by atoms with E-state index in [0.717, 1.165) is 0 Å². The van der Waals surface area contributed by atoms with Gasteiger partial charge in [0, 0.05) is 17.7 Å². The summed E-state index contributed by atoms with van der Waals surface area (Å²) < 4.78 is 10.4. The fourth-order valence-electron chi connectivity index (χ4n) is 1.66. The molecule has 0 saturated carbocycles. The Bertz CT molecular complexity index is 575. The van der Waals surface area contributed by atoms with E-state index < -0.39 is 10.5 Å². The number of carbonyl (C=O) groups is 1. The molecular formula is C14H15NO5. The molecule has 0 aliphatic carbocycles. The van der Waals surface area contributed by atoms with Gasteiger partial charge in [0.05, 0.1) is 18.1 Å². The lowest BCUT2D eigenvalue weighted by Crippen LogP contribution is -2.17. The minimum Gasteiger partial charge on any atom is -0.493 e. The number of rotatable bonds is 6. The Morgan fingerprint density at radius 3 is 2.85 bits per heavy atom. The lowest BCUT2D eigenvalue weighted by atomic mass is 10.1. The fourth-order valence-corrected chi connectivity index (χ4v) is 1.66. The molecule has 1 aromatic rings. The largest absolute Gasteiger partial charge is 0.493 e. The predicted molar refractivity (Wildman–Crippen MR) is 72.7 cm³/mol. The molecule has 1 aliphatic heterocycles. The van der Waals surface area contributed by atoms with Crippen molar-refractivity contribution < 1.29 is 19.2 Å². The molecule has 0 aromatic heterocycles. The molecule has 0 bridgehead atoms. The van der Waals surface area contributed by atoms with Crippen LogP contribution in [-0.2, 0) is 9.53 Å². The lowest BCUT2D eigenvalue weighted by Gasteiger charge is -2.07. The Hall–Kier alpha value is -2.21. The zero-order chi connectivity index (χ0) is 14.8.